The van der Waals surface area contributed by atoms with Gasteiger partial charge in [-0.1, -0.05) is 50.1 Å². The van der Waals surface area contributed by atoms with Crippen molar-refractivity contribution in [2.75, 3.05) is 7.11 Å². The van der Waals surface area contributed by atoms with E-state index in [1.54, 1.807) is 19.4 Å². The van der Waals surface area contributed by atoms with E-state index in [2.05, 4.69) is 6.92 Å². The monoisotopic (exact) mass is 404 g/mol. The minimum atomic E-state index is -0.522. The largest absolute Gasteiger partial charge is 0.497 e. The third-order valence-electron chi connectivity index (χ3n) is 6.30. The van der Waals surface area contributed by atoms with Crippen molar-refractivity contribution >= 4 is 18.0 Å². The molecule has 1 aliphatic heterocycles. The molecule has 5 heteroatoms. The van der Waals surface area contributed by atoms with Crippen LogP contribution in [0.5, 0.6) is 5.75 Å². The summed E-state index contributed by atoms with van der Waals surface area (Å²) in [5, 5.41) is 0. The number of carbonyl (C=O) groups is 2. The van der Waals surface area contributed by atoms with Gasteiger partial charge in [-0.05, 0) is 48.1 Å². The summed E-state index contributed by atoms with van der Waals surface area (Å²) in [5.74, 6) is 0.295. The molecule has 2 aromatic carbocycles. The molecule has 4 rings (SSSR count). The molecule has 2 aliphatic rings. The van der Waals surface area contributed by atoms with Gasteiger partial charge in [0.05, 0.1) is 25.6 Å². The van der Waals surface area contributed by atoms with Crippen molar-refractivity contribution in [1.29, 1.82) is 0 Å². The number of rotatable bonds is 5. The molecule has 0 aromatic heterocycles. The van der Waals surface area contributed by atoms with E-state index in [0.29, 0.717) is 11.5 Å². The lowest BCUT2D eigenvalue weighted by Crippen LogP contribution is -2.44. The molecule has 1 aliphatic carbocycles. The zero-order valence-corrected chi connectivity index (χ0v) is 17.6. The fraction of sp³-hybridized carbons (Fsp3) is 0.400. The minimum absolute atomic E-state index is 0.207. The summed E-state index contributed by atoms with van der Waals surface area (Å²) < 4.78 is 5.20. The van der Waals surface area contributed by atoms with Crippen LogP contribution in [-0.4, -0.2) is 36.1 Å². The van der Waals surface area contributed by atoms with Crippen LogP contribution >= 0.6 is 0 Å². The Labute approximate surface area is 177 Å². The lowest BCUT2D eigenvalue weighted by atomic mass is 9.85. The van der Waals surface area contributed by atoms with E-state index in [1.807, 2.05) is 42.5 Å². The number of carbonyl (C=O) groups excluding carboxylic acids is 2. The van der Waals surface area contributed by atoms with E-state index in [9.17, 15) is 9.59 Å². The Hall–Kier alpha value is -2.95. The molecule has 156 valence electrons. The Morgan fingerprint density at radius 3 is 2.53 bits per heavy atom. The minimum Gasteiger partial charge on any atom is -0.497 e. The van der Waals surface area contributed by atoms with Gasteiger partial charge in [-0.2, -0.15) is 0 Å². The van der Waals surface area contributed by atoms with Crippen LogP contribution < -0.4 is 4.74 Å². The maximum Gasteiger partial charge on any atom is 0.261 e. The smallest absolute Gasteiger partial charge is 0.261 e. The Balaban J connectivity index is 1.62. The number of benzene rings is 2. The Bertz CT molecular complexity index is 951. The number of amides is 2. The fourth-order valence-corrected chi connectivity index (χ4v) is 4.43. The molecule has 1 unspecified atom stereocenters. The van der Waals surface area contributed by atoms with E-state index in [-0.39, 0.29) is 24.4 Å². The van der Waals surface area contributed by atoms with E-state index in [0.717, 1.165) is 23.3 Å². The first kappa shape index (κ1) is 20.3. The summed E-state index contributed by atoms with van der Waals surface area (Å²) >= 11 is 0. The molecule has 2 aromatic rings. The van der Waals surface area contributed by atoms with Crippen molar-refractivity contribution in [2.45, 2.75) is 51.1 Å². The number of hydrogen-bond donors (Lipinski definition) is 0. The van der Waals surface area contributed by atoms with Gasteiger partial charge in [0.2, 0.25) is 5.91 Å². The third-order valence-corrected chi connectivity index (χ3v) is 6.30. The van der Waals surface area contributed by atoms with Gasteiger partial charge in [0.1, 0.15) is 5.75 Å². The van der Waals surface area contributed by atoms with Crippen molar-refractivity contribution < 1.29 is 14.3 Å². The van der Waals surface area contributed by atoms with Gasteiger partial charge in [-0.25, -0.2) is 0 Å². The Kier molecular flexibility index (Phi) is 5.98. The fourth-order valence-electron chi connectivity index (χ4n) is 4.43. The van der Waals surface area contributed by atoms with Gasteiger partial charge in [-0.3, -0.25) is 19.5 Å². The van der Waals surface area contributed by atoms with Crippen molar-refractivity contribution in [3.8, 4) is 5.75 Å². The topological polar surface area (TPSA) is 59.0 Å². The number of imide groups is 1. The van der Waals surface area contributed by atoms with Crippen LogP contribution in [0.2, 0.25) is 0 Å². The molecule has 1 heterocycles. The average molecular weight is 405 g/mol. The summed E-state index contributed by atoms with van der Waals surface area (Å²) in [5.41, 5.74) is 2.22. The highest BCUT2D eigenvalue weighted by molar-refractivity contribution is 6.16. The van der Waals surface area contributed by atoms with E-state index >= 15 is 0 Å². The summed E-state index contributed by atoms with van der Waals surface area (Å²) in [6.07, 6.45) is 6.47. The molecular formula is C25H28N2O3. The molecule has 1 saturated carbocycles. The lowest BCUT2D eigenvalue weighted by Gasteiger charge is -2.32. The SMILES string of the molecule is COc1ccc(CN2C(=O)c3ccccc3C(C=N[C@@H]3CCCC[C@@H]3C)C2=O)cc1. The number of ether oxygens (including phenoxy) is 1. The Morgan fingerprint density at radius 1 is 1.07 bits per heavy atom. The van der Waals surface area contributed by atoms with Crippen LogP contribution in [0, 0.1) is 5.92 Å². The maximum absolute atomic E-state index is 13.4. The van der Waals surface area contributed by atoms with Crippen molar-refractivity contribution in [2.24, 2.45) is 10.9 Å². The highest BCUT2D eigenvalue weighted by Crippen LogP contribution is 2.31. The molecule has 0 radical (unpaired) electrons. The van der Waals surface area contributed by atoms with Crippen molar-refractivity contribution in [3.63, 3.8) is 0 Å². The number of aliphatic imine (C=N–C) groups is 1. The van der Waals surface area contributed by atoms with Crippen LogP contribution in [-0.2, 0) is 11.3 Å². The summed E-state index contributed by atoms with van der Waals surface area (Å²) in [4.78, 5) is 32.6. The maximum atomic E-state index is 13.4. The molecule has 2 amide bonds. The van der Waals surface area contributed by atoms with Gasteiger partial charge < -0.3 is 4.74 Å². The molecule has 0 spiro atoms. The first-order valence-electron chi connectivity index (χ1n) is 10.7. The second-order valence-electron chi connectivity index (χ2n) is 8.27. The summed E-state index contributed by atoms with van der Waals surface area (Å²) in [6, 6.07) is 15.1. The molecule has 3 atom stereocenters. The highest BCUT2D eigenvalue weighted by Gasteiger charge is 2.38. The second kappa shape index (κ2) is 8.82. The highest BCUT2D eigenvalue weighted by atomic mass is 16.5. The zero-order valence-electron chi connectivity index (χ0n) is 17.6. The molecule has 0 bridgehead atoms. The lowest BCUT2D eigenvalue weighted by molar-refractivity contribution is -0.129. The average Bonchev–Trinajstić information content (AvgIpc) is 2.78. The molecule has 5 nitrogen and oxygen atoms in total. The quantitative estimate of drug-likeness (QED) is 0.540. The summed E-state index contributed by atoms with van der Waals surface area (Å²) in [7, 11) is 1.61. The Morgan fingerprint density at radius 2 is 1.80 bits per heavy atom. The molecule has 0 saturated heterocycles. The van der Waals surface area contributed by atoms with Gasteiger partial charge in [0, 0.05) is 11.8 Å². The molecule has 30 heavy (non-hydrogen) atoms. The van der Waals surface area contributed by atoms with Crippen LogP contribution in [0.25, 0.3) is 0 Å². The number of hydrogen-bond acceptors (Lipinski definition) is 4. The number of methoxy groups -OCH3 is 1. The zero-order chi connectivity index (χ0) is 21.1. The van der Waals surface area contributed by atoms with Crippen LogP contribution in [0.3, 0.4) is 0 Å². The second-order valence-corrected chi connectivity index (χ2v) is 8.27. The first-order chi connectivity index (χ1) is 14.6. The first-order valence-corrected chi connectivity index (χ1v) is 10.7. The van der Waals surface area contributed by atoms with Gasteiger partial charge in [0.25, 0.3) is 5.91 Å². The summed E-state index contributed by atoms with van der Waals surface area (Å²) in [6.45, 7) is 2.47. The normalized spacial score (nSPS) is 24.2. The third kappa shape index (κ3) is 4.02. The van der Waals surface area contributed by atoms with Gasteiger partial charge >= 0.3 is 0 Å². The van der Waals surface area contributed by atoms with Crippen molar-refractivity contribution in [1.82, 2.24) is 4.90 Å². The van der Waals surface area contributed by atoms with Gasteiger partial charge in [0.15, 0.2) is 0 Å². The molecular weight excluding hydrogens is 376 g/mol. The van der Waals surface area contributed by atoms with Gasteiger partial charge in [-0.15, -0.1) is 0 Å². The van der Waals surface area contributed by atoms with E-state index in [4.69, 9.17) is 9.73 Å². The number of fused-ring (bicyclic) bond motifs is 1. The predicted octanol–water partition coefficient (Wildman–Crippen LogP) is 4.61. The molecule has 0 N–H and O–H groups in total. The standard InChI is InChI=1S/C25H28N2O3/c1-17-7-3-6-10-23(17)26-15-22-20-8-4-5-9-21(20)24(28)27(25(22)29)16-18-11-13-19(30-2)14-12-18/h4-5,8-9,11-15,17,22-23H,3,6-7,10,16H2,1-2H3/t17-,22?,23+/m0/s1. The van der Waals surface area contributed by atoms with E-state index < -0.39 is 5.92 Å². The van der Waals surface area contributed by atoms with E-state index in [1.165, 1.54) is 24.2 Å². The number of nitrogens with zero attached hydrogens (tertiary/aromatic N) is 2. The van der Waals surface area contributed by atoms with Crippen LogP contribution in [0.4, 0.5) is 0 Å². The van der Waals surface area contributed by atoms with Crippen LogP contribution in [0.15, 0.2) is 53.5 Å². The van der Waals surface area contributed by atoms with Crippen molar-refractivity contribution in [3.05, 3.63) is 65.2 Å². The van der Waals surface area contributed by atoms with Crippen LogP contribution in [0.1, 0.15) is 60.0 Å². The predicted molar refractivity (Wildman–Crippen MR) is 117 cm³/mol. The molecule has 1 fully saturated rings.